The van der Waals surface area contributed by atoms with Crippen LogP contribution in [0.3, 0.4) is 0 Å². The summed E-state index contributed by atoms with van der Waals surface area (Å²) >= 11 is 1.74. The monoisotopic (exact) mass is 289 g/mol. The second-order valence-electron chi connectivity index (χ2n) is 3.78. The van der Waals surface area contributed by atoms with Crippen LogP contribution in [0.1, 0.15) is 13.3 Å². The van der Waals surface area contributed by atoms with E-state index >= 15 is 0 Å². The number of hydrogen-bond acceptors (Lipinski definition) is 5. The molecule has 0 aliphatic rings. The van der Waals surface area contributed by atoms with E-state index in [9.17, 15) is 8.42 Å². The van der Waals surface area contributed by atoms with Crippen LogP contribution in [0.15, 0.2) is 23.1 Å². The van der Waals surface area contributed by atoms with Gasteiger partial charge in [-0.05, 0) is 30.1 Å². The van der Waals surface area contributed by atoms with E-state index in [2.05, 4.69) is 6.92 Å². The number of nitrogens with two attached hydrogens (primary N) is 1. The molecule has 0 saturated heterocycles. The molecular formula is C12H19NO3S2. The number of nitrogen functional groups attached to an aromatic ring is 1. The highest BCUT2D eigenvalue weighted by Gasteiger charge is 2.19. The fraction of sp³-hybridized carbons (Fsp3) is 0.500. The van der Waals surface area contributed by atoms with Gasteiger partial charge in [0.25, 0.3) is 0 Å². The van der Waals surface area contributed by atoms with Crippen molar-refractivity contribution in [2.45, 2.75) is 18.2 Å². The molecule has 1 aromatic carbocycles. The van der Waals surface area contributed by atoms with Crippen LogP contribution >= 0.6 is 11.8 Å². The number of rotatable bonds is 7. The van der Waals surface area contributed by atoms with Crippen molar-refractivity contribution in [2.24, 2.45) is 0 Å². The maximum absolute atomic E-state index is 12.2. The van der Waals surface area contributed by atoms with Crippen LogP contribution in [0.5, 0.6) is 5.75 Å². The molecule has 0 aliphatic heterocycles. The Kier molecular flexibility index (Phi) is 5.81. The lowest BCUT2D eigenvalue weighted by atomic mass is 10.3. The molecule has 18 heavy (non-hydrogen) atoms. The van der Waals surface area contributed by atoms with Crippen molar-refractivity contribution in [3.05, 3.63) is 18.2 Å². The van der Waals surface area contributed by atoms with E-state index in [0.717, 1.165) is 11.5 Å². The summed E-state index contributed by atoms with van der Waals surface area (Å²) in [5.41, 5.74) is 6.10. The molecule has 0 amide bonds. The maximum atomic E-state index is 12.2. The van der Waals surface area contributed by atoms with Crippen LogP contribution in [-0.4, -0.2) is 32.8 Å². The van der Waals surface area contributed by atoms with Crippen LogP contribution in [0.4, 0.5) is 5.69 Å². The first-order chi connectivity index (χ1) is 8.51. The molecule has 1 aromatic rings. The average Bonchev–Trinajstić information content (AvgIpc) is 2.34. The Balaban J connectivity index is 2.84. The number of hydrogen-bond donors (Lipinski definition) is 1. The molecule has 6 heteroatoms. The van der Waals surface area contributed by atoms with Gasteiger partial charge in [-0.1, -0.05) is 6.92 Å². The number of thioether (sulfide) groups is 1. The van der Waals surface area contributed by atoms with Gasteiger partial charge >= 0.3 is 0 Å². The topological polar surface area (TPSA) is 69.4 Å². The molecule has 0 atom stereocenters. The summed E-state index contributed by atoms with van der Waals surface area (Å²) in [7, 11) is -1.85. The summed E-state index contributed by atoms with van der Waals surface area (Å²) in [5.74, 6) is 2.32. The zero-order valence-electron chi connectivity index (χ0n) is 10.7. The molecule has 0 aliphatic carbocycles. The zero-order valence-corrected chi connectivity index (χ0v) is 12.3. The predicted molar refractivity (Wildman–Crippen MR) is 77.1 cm³/mol. The van der Waals surface area contributed by atoms with Crippen molar-refractivity contribution in [1.29, 1.82) is 0 Å². The van der Waals surface area contributed by atoms with Gasteiger partial charge in [0.2, 0.25) is 0 Å². The minimum atomic E-state index is -3.29. The quantitative estimate of drug-likeness (QED) is 0.615. The van der Waals surface area contributed by atoms with Crippen LogP contribution in [-0.2, 0) is 9.84 Å². The van der Waals surface area contributed by atoms with Gasteiger partial charge in [-0.2, -0.15) is 11.8 Å². The van der Waals surface area contributed by atoms with E-state index < -0.39 is 9.84 Å². The Morgan fingerprint density at radius 1 is 1.39 bits per heavy atom. The van der Waals surface area contributed by atoms with Crippen molar-refractivity contribution in [3.63, 3.8) is 0 Å². The van der Waals surface area contributed by atoms with Gasteiger partial charge in [0.1, 0.15) is 10.6 Å². The summed E-state index contributed by atoms with van der Waals surface area (Å²) < 4.78 is 29.4. The average molecular weight is 289 g/mol. The molecule has 0 radical (unpaired) electrons. The molecule has 4 nitrogen and oxygen atoms in total. The van der Waals surface area contributed by atoms with E-state index in [1.54, 1.807) is 17.8 Å². The number of methoxy groups -OCH3 is 1. The second-order valence-corrected chi connectivity index (χ2v) is 7.25. The van der Waals surface area contributed by atoms with Gasteiger partial charge in [-0.15, -0.1) is 0 Å². The van der Waals surface area contributed by atoms with Crippen LogP contribution in [0, 0.1) is 0 Å². The number of benzene rings is 1. The highest BCUT2D eigenvalue weighted by Crippen LogP contribution is 2.27. The van der Waals surface area contributed by atoms with Crippen molar-refractivity contribution >= 4 is 27.3 Å². The SMILES string of the molecule is CCSCCCS(=O)(=O)c1ccc(N)cc1OC. The van der Waals surface area contributed by atoms with Gasteiger partial charge in [0.15, 0.2) is 9.84 Å². The molecule has 0 fully saturated rings. The molecule has 0 spiro atoms. The highest BCUT2D eigenvalue weighted by atomic mass is 32.2. The molecule has 102 valence electrons. The van der Waals surface area contributed by atoms with Crippen molar-refractivity contribution in [3.8, 4) is 5.75 Å². The fourth-order valence-corrected chi connectivity index (χ4v) is 3.83. The normalized spacial score (nSPS) is 11.4. The third kappa shape index (κ3) is 4.10. The first kappa shape index (κ1) is 15.2. The van der Waals surface area contributed by atoms with Gasteiger partial charge in [-0.25, -0.2) is 8.42 Å². The second kappa shape index (κ2) is 6.89. The minimum Gasteiger partial charge on any atom is -0.495 e. The molecule has 0 saturated carbocycles. The first-order valence-corrected chi connectivity index (χ1v) is 8.56. The third-order valence-corrected chi connectivity index (χ3v) is 5.25. The first-order valence-electron chi connectivity index (χ1n) is 5.75. The number of ether oxygens (including phenoxy) is 1. The van der Waals surface area contributed by atoms with Gasteiger partial charge < -0.3 is 10.5 Å². The summed E-state index contributed by atoms with van der Waals surface area (Å²) in [6.45, 7) is 2.06. The summed E-state index contributed by atoms with van der Waals surface area (Å²) in [5, 5.41) is 0. The van der Waals surface area contributed by atoms with Crippen LogP contribution < -0.4 is 10.5 Å². The summed E-state index contributed by atoms with van der Waals surface area (Å²) in [6.07, 6.45) is 0.647. The number of anilines is 1. The smallest absolute Gasteiger partial charge is 0.182 e. The Labute approximate surface area is 113 Å². The number of sulfone groups is 1. The molecule has 0 bridgehead atoms. The molecule has 0 unspecified atom stereocenters. The summed E-state index contributed by atoms with van der Waals surface area (Å²) in [4.78, 5) is 0.223. The molecule has 0 aromatic heterocycles. The Morgan fingerprint density at radius 2 is 2.11 bits per heavy atom. The molecule has 2 N–H and O–H groups in total. The van der Waals surface area contributed by atoms with E-state index in [0.29, 0.717) is 17.9 Å². The van der Waals surface area contributed by atoms with Gasteiger partial charge in [0.05, 0.1) is 12.9 Å². The zero-order chi connectivity index (χ0) is 13.6. The summed E-state index contributed by atoms with van der Waals surface area (Å²) in [6, 6.07) is 4.63. The minimum absolute atomic E-state index is 0.139. The Bertz CT molecular complexity index is 486. The maximum Gasteiger partial charge on any atom is 0.182 e. The van der Waals surface area contributed by atoms with Gasteiger partial charge in [0, 0.05) is 11.8 Å². The van der Waals surface area contributed by atoms with Gasteiger partial charge in [-0.3, -0.25) is 0 Å². The van der Waals surface area contributed by atoms with Crippen LogP contribution in [0.25, 0.3) is 0 Å². The van der Waals surface area contributed by atoms with E-state index in [4.69, 9.17) is 10.5 Å². The Hall–Kier alpha value is -0.880. The lowest BCUT2D eigenvalue weighted by molar-refractivity contribution is 0.403. The highest BCUT2D eigenvalue weighted by molar-refractivity contribution is 7.99. The predicted octanol–water partition coefficient (Wildman–Crippen LogP) is 2.19. The largest absolute Gasteiger partial charge is 0.495 e. The fourth-order valence-electron chi connectivity index (χ4n) is 1.55. The van der Waals surface area contributed by atoms with Crippen molar-refractivity contribution in [1.82, 2.24) is 0 Å². The molecular weight excluding hydrogens is 270 g/mol. The van der Waals surface area contributed by atoms with Crippen molar-refractivity contribution in [2.75, 3.05) is 30.1 Å². The van der Waals surface area contributed by atoms with Crippen LogP contribution in [0.2, 0.25) is 0 Å². The Morgan fingerprint density at radius 3 is 2.72 bits per heavy atom. The van der Waals surface area contributed by atoms with E-state index in [1.165, 1.54) is 19.2 Å². The third-order valence-electron chi connectivity index (χ3n) is 2.43. The van der Waals surface area contributed by atoms with E-state index in [1.807, 2.05) is 0 Å². The molecule has 1 rings (SSSR count). The standard InChI is InChI=1S/C12H19NO3S2/c1-3-17-7-4-8-18(14,15)12-6-5-10(13)9-11(12)16-2/h5-6,9H,3-4,7-8,13H2,1-2H3. The lowest BCUT2D eigenvalue weighted by Gasteiger charge is -2.10. The lowest BCUT2D eigenvalue weighted by Crippen LogP contribution is -2.09. The van der Waals surface area contributed by atoms with Crippen molar-refractivity contribution < 1.29 is 13.2 Å². The van der Waals surface area contributed by atoms with E-state index in [-0.39, 0.29) is 10.6 Å². The molecule has 0 heterocycles.